The third kappa shape index (κ3) is 3.51. The van der Waals surface area contributed by atoms with Gasteiger partial charge in [-0.2, -0.15) is 0 Å². The molecule has 1 aromatic heterocycles. The smallest absolute Gasteiger partial charge is 0.162 e. The van der Waals surface area contributed by atoms with E-state index >= 15 is 0 Å². The predicted molar refractivity (Wildman–Crippen MR) is 73.3 cm³/mol. The predicted octanol–water partition coefficient (Wildman–Crippen LogP) is 2.98. The molecule has 4 nitrogen and oxygen atoms in total. The zero-order valence-corrected chi connectivity index (χ0v) is 11.3. The fourth-order valence-corrected chi connectivity index (χ4v) is 1.88. The van der Waals surface area contributed by atoms with Gasteiger partial charge in [0.05, 0.1) is 13.2 Å². The topological polar surface area (TPSA) is 54.6 Å². The first kappa shape index (κ1) is 13.5. The first-order valence-corrected chi connectivity index (χ1v) is 6.40. The van der Waals surface area contributed by atoms with Crippen LogP contribution in [-0.2, 0) is 13.1 Å². The summed E-state index contributed by atoms with van der Waals surface area (Å²) in [6.07, 6.45) is 0. The summed E-state index contributed by atoms with van der Waals surface area (Å²) in [7, 11) is 0. The molecular formula is C15H19NO3. The number of furan rings is 1. The molecule has 1 aromatic carbocycles. The Bertz CT molecular complexity index is 534. The Balaban J connectivity index is 1.94. The first-order chi connectivity index (χ1) is 9.20. The summed E-state index contributed by atoms with van der Waals surface area (Å²) in [5.41, 5.74) is 0.814. The molecule has 0 unspecified atom stereocenters. The summed E-state index contributed by atoms with van der Waals surface area (Å²) in [6.45, 7) is 5.54. The number of aromatic hydroxyl groups is 1. The number of hydrogen-bond acceptors (Lipinski definition) is 4. The summed E-state index contributed by atoms with van der Waals surface area (Å²) >= 11 is 0. The fraction of sp³-hybridized carbons (Fsp3) is 0.333. The molecule has 0 aliphatic heterocycles. The van der Waals surface area contributed by atoms with Crippen LogP contribution in [0.25, 0.3) is 0 Å². The van der Waals surface area contributed by atoms with Gasteiger partial charge >= 0.3 is 0 Å². The zero-order valence-electron chi connectivity index (χ0n) is 11.3. The van der Waals surface area contributed by atoms with Crippen molar-refractivity contribution >= 4 is 0 Å². The SMILES string of the molecule is CCOc1cccc(CNCc2ccc(C)o2)c1O. The molecule has 0 amide bonds. The van der Waals surface area contributed by atoms with Crippen molar-refractivity contribution in [1.29, 1.82) is 0 Å². The molecule has 0 saturated heterocycles. The van der Waals surface area contributed by atoms with Crippen LogP contribution in [0.3, 0.4) is 0 Å². The van der Waals surface area contributed by atoms with Crippen molar-refractivity contribution in [3.05, 3.63) is 47.4 Å². The highest BCUT2D eigenvalue weighted by atomic mass is 16.5. The molecule has 19 heavy (non-hydrogen) atoms. The van der Waals surface area contributed by atoms with Crippen molar-refractivity contribution in [3.63, 3.8) is 0 Å². The van der Waals surface area contributed by atoms with Gasteiger partial charge in [-0.25, -0.2) is 0 Å². The second kappa shape index (κ2) is 6.29. The summed E-state index contributed by atoms with van der Waals surface area (Å²) < 4.78 is 10.8. The molecule has 0 aliphatic carbocycles. The maximum absolute atomic E-state index is 10.0. The molecule has 102 valence electrons. The summed E-state index contributed by atoms with van der Waals surface area (Å²) in [5, 5.41) is 13.3. The van der Waals surface area contributed by atoms with Crippen LogP contribution in [0.2, 0.25) is 0 Å². The van der Waals surface area contributed by atoms with E-state index in [9.17, 15) is 5.11 Å². The van der Waals surface area contributed by atoms with Gasteiger partial charge in [0.25, 0.3) is 0 Å². The van der Waals surface area contributed by atoms with E-state index in [1.165, 1.54) is 0 Å². The second-order valence-corrected chi connectivity index (χ2v) is 4.31. The molecule has 0 bridgehead atoms. The lowest BCUT2D eigenvalue weighted by Crippen LogP contribution is -2.12. The Hall–Kier alpha value is -1.94. The standard InChI is InChI=1S/C15H19NO3/c1-3-18-14-6-4-5-12(15(14)17)9-16-10-13-8-7-11(2)19-13/h4-8,16-17H,3,9-10H2,1-2H3. The van der Waals surface area contributed by atoms with Gasteiger partial charge in [0.2, 0.25) is 0 Å². The number of phenolic OH excluding ortho intramolecular Hbond substituents is 1. The Labute approximate surface area is 113 Å². The van der Waals surface area contributed by atoms with Crippen molar-refractivity contribution in [2.75, 3.05) is 6.61 Å². The minimum atomic E-state index is 0.201. The van der Waals surface area contributed by atoms with Crippen molar-refractivity contribution in [1.82, 2.24) is 5.32 Å². The third-order valence-corrected chi connectivity index (χ3v) is 2.79. The Kier molecular flexibility index (Phi) is 4.47. The van der Waals surface area contributed by atoms with Gasteiger partial charge in [-0.1, -0.05) is 12.1 Å². The summed E-state index contributed by atoms with van der Waals surface area (Å²) in [5.74, 6) is 2.51. The number of ether oxygens (including phenoxy) is 1. The van der Waals surface area contributed by atoms with Crippen molar-refractivity contribution in [2.24, 2.45) is 0 Å². The number of nitrogens with one attached hydrogen (secondary N) is 1. The molecule has 0 fully saturated rings. The molecule has 2 rings (SSSR count). The Morgan fingerprint density at radius 2 is 2.05 bits per heavy atom. The Morgan fingerprint density at radius 1 is 1.21 bits per heavy atom. The lowest BCUT2D eigenvalue weighted by molar-refractivity contribution is 0.316. The first-order valence-electron chi connectivity index (χ1n) is 6.40. The van der Waals surface area contributed by atoms with E-state index in [-0.39, 0.29) is 5.75 Å². The van der Waals surface area contributed by atoms with Gasteiger partial charge in [-0.3, -0.25) is 0 Å². The number of para-hydroxylation sites is 1. The number of hydrogen-bond donors (Lipinski definition) is 2. The van der Waals surface area contributed by atoms with Crippen LogP contribution in [0.1, 0.15) is 24.0 Å². The molecule has 0 atom stereocenters. The minimum Gasteiger partial charge on any atom is -0.504 e. The maximum atomic E-state index is 10.0. The molecule has 2 N–H and O–H groups in total. The minimum absolute atomic E-state index is 0.201. The summed E-state index contributed by atoms with van der Waals surface area (Å²) in [4.78, 5) is 0. The average molecular weight is 261 g/mol. The number of aryl methyl sites for hydroxylation is 1. The van der Waals surface area contributed by atoms with E-state index < -0.39 is 0 Å². The highest BCUT2D eigenvalue weighted by Crippen LogP contribution is 2.29. The third-order valence-electron chi connectivity index (χ3n) is 2.79. The maximum Gasteiger partial charge on any atom is 0.162 e. The second-order valence-electron chi connectivity index (χ2n) is 4.31. The molecule has 4 heteroatoms. The van der Waals surface area contributed by atoms with E-state index in [2.05, 4.69) is 5.32 Å². The summed E-state index contributed by atoms with van der Waals surface area (Å²) in [6, 6.07) is 9.39. The number of benzene rings is 1. The molecule has 0 aliphatic rings. The fourth-order valence-electron chi connectivity index (χ4n) is 1.88. The van der Waals surface area contributed by atoms with Gasteiger partial charge in [0.15, 0.2) is 11.5 Å². The van der Waals surface area contributed by atoms with E-state index in [0.29, 0.717) is 25.4 Å². The van der Waals surface area contributed by atoms with Crippen molar-refractivity contribution in [3.8, 4) is 11.5 Å². The van der Waals surface area contributed by atoms with E-state index in [4.69, 9.17) is 9.15 Å². The normalized spacial score (nSPS) is 10.6. The van der Waals surface area contributed by atoms with E-state index in [0.717, 1.165) is 17.1 Å². The highest BCUT2D eigenvalue weighted by Gasteiger charge is 2.07. The monoisotopic (exact) mass is 261 g/mol. The lowest BCUT2D eigenvalue weighted by Gasteiger charge is -2.10. The van der Waals surface area contributed by atoms with Gasteiger partial charge in [0.1, 0.15) is 11.5 Å². The molecular weight excluding hydrogens is 242 g/mol. The quantitative estimate of drug-likeness (QED) is 0.839. The van der Waals surface area contributed by atoms with Crippen LogP contribution < -0.4 is 10.1 Å². The van der Waals surface area contributed by atoms with Gasteiger partial charge in [-0.15, -0.1) is 0 Å². The largest absolute Gasteiger partial charge is 0.504 e. The van der Waals surface area contributed by atoms with Crippen LogP contribution in [-0.4, -0.2) is 11.7 Å². The molecule has 2 aromatic rings. The lowest BCUT2D eigenvalue weighted by atomic mass is 10.2. The van der Waals surface area contributed by atoms with E-state index in [1.807, 2.05) is 38.1 Å². The van der Waals surface area contributed by atoms with E-state index in [1.54, 1.807) is 6.07 Å². The van der Waals surface area contributed by atoms with Crippen LogP contribution in [0, 0.1) is 6.92 Å². The van der Waals surface area contributed by atoms with Crippen molar-refractivity contribution in [2.45, 2.75) is 26.9 Å². The number of rotatable bonds is 6. The molecule has 0 radical (unpaired) electrons. The van der Waals surface area contributed by atoms with Crippen LogP contribution >= 0.6 is 0 Å². The van der Waals surface area contributed by atoms with Crippen LogP contribution in [0.4, 0.5) is 0 Å². The molecule has 0 saturated carbocycles. The highest BCUT2D eigenvalue weighted by molar-refractivity contribution is 5.45. The number of phenols is 1. The van der Waals surface area contributed by atoms with Gasteiger partial charge < -0.3 is 19.6 Å². The van der Waals surface area contributed by atoms with Crippen LogP contribution in [0.5, 0.6) is 11.5 Å². The van der Waals surface area contributed by atoms with Crippen LogP contribution in [0.15, 0.2) is 34.7 Å². The molecule has 0 spiro atoms. The Morgan fingerprint density at radius 3 is 2.74 bits per heavy atom. The molecule has 1 heterocycles. The average Bonchev–Trinajstić information content (AvgIpc) is 2.80. The van der Waals surface area contributed by atoms with Crippen molar-refractivity contribution < 1.29 is 14.3 Å². The zero-order chi connectivity index (χ0) is 13.7. The van der Waals surface area contributed by atoms with Gasteiger partial charge in [-0.05, 0) is 32.0 Å². The van der Waals surface area contributed by atoms with Gasteiger partial charge in [0, 0.05) is 12.1 Å².